The number of ether oxygens (including phenoxy) is 1. The number of hydrogen-bond donors (Lipinski definition) is 1. The molecule has 0 amide bonds. The van der Waals surface area contributed by atoms with Crippen LogP contribution in [0.4, 0.5) is 0 Å². The van der Waals surface area contributed by atoms with Crippen LogP contribution in [0.1, 0.15) is 46.5 Å². The first-order valence-electron chi connectivity index (χ1n) is 10.1. The third kappa shape index (κ3) is 6.17. The van der Waals surface area contributed by atoms with Crippen molar-refractivity contribution < 1.29 is 9.53 Å². The molecule has 6 nitrogen and oxygen atoms in total. The van der Waals surface area contributed by atoms with Crippen LogP contribution in [-0.2, 0) is 9.53 Å². The maximum absolute atomic E-state index is 11.9. The van der Waals surface area contributed by atoms with Crippen molar-refractivity contribution in [3.05, 3.63) is 0 Å². The summed E-state index contributed by atoms with van der Waals surface area (Å²) in [6.07, 6.45) is 4.20. The highest BCUT2D eigenvalue weighted by Gasteiger charge is 2.28. The number of carbonyl (C=O) groups is 1. The van der Waals surface area contributed by atoms with E-state index in [2.05, 4.69) is 29.0 Å². The van der Waals surface area contributed by atoms with Crippen molar-refractivity contribution in [3.63, 3.8) is 0 Å². The predicted molar refractivity (Wildman–Crippen MR) is 102 cm³/mol. The number of esters is 1. The summed E-state index contributed by atoms with van der Waals surface area (Å²) in [4.78, 5) is 21.7. The van der Waals surface area contributed by atoms with Gasteiger partial charge in [0, 0.05) is 32.7 Å². The van der Waals surface area contributed by atoms with Gasteiger partial charge in [-0.25, -0.2) is 0 Å². The first-order valence-corrected chi connectivity index (χ1v) is 10.1. The van der Waals surface area contributed by atoms with Crippen LogP contribution in [0, 0.1) is 11.8 Å². The molecule has 25 heavy (non-hydrogen) atoms. The summed E-state index contributed by atoms with van der Waals surface area (Å²) in [6.45, 7) is 13.8. The van der Waals surface area contributed by atoms with Crippen molar-refractivity contribution in [2.75, 3.05) is 52.4 Å². The van der Waals surface area contributed by atoms with Crippen molar-refractivity contribution in [3.8, 4) is 0 Å². The van der Waals surface area contributed by atoms with Crippen LogP contribution in [0.2, 0.25) is 0 Å². The van der Waals surface area contributed by atoms with Gasteiger partial charge in [-0.3, -0.25) is 9.79 Å². The number of hydrogen-bond acceptors (Lipinski definition) is 4. The van der Waals surface area contributed by atoms with E-state index in [9.17, 15) is 4.79 Å². The lowest BCUT2D eigenvalue weighted by Gasteiger charge is -2.33. The van der Waals surface area contributed by atoms with Crippen LogP contribution in [0.5, 0.6) is 0 Å². The molecule has 0 aromatic rings. The highest BCUT2D eigenvalue weighted by molar-refractivity contribution is 5.80. The van der Waals surface area contributed by atoms with E-state index in [-0.39, 0.29) is 11.9 Å². The van der Waals surface area contributed by atoms with Gasteiger partial charge in [0.25, 0.3) is 0 Å². The van der Waals surface area contributed by atoms with Crippen LogP contribution in [0.25, 0.3) is 0 Å². The fraction of sp³-hybridized carbons (Fsp3) is 0.895. The van der Waals surface area contributed by atoms with E-state index in [0.29, 0.717) is 12.5 Å². The van der Waals surface area contributed by atoms with Crippen molar-refractivity contribution in [2.45, 2.75) is 46.5 Å². The Balaban J connectivity index is 1.83. The van der Waals surface area contributed by atoms with Gasteiger partial charge in [0.15, 0.2) is 5.96 Å². The standard InChI is InChI=1S/C19H36N4O2/c1-4-10-22-11-7-16(15-22)14-21-19(20-5-2)23-12-8-17(9-13-23)18(24)25-6-3/h16-17H,4-15H2,1-3H3,(H,20,21). The van der Waals surface area contributed by atoms with Gasteiger partial charge in [0.05, 0.1) is 12.5 Å². The first-order chi connectivity index (χ1) is 12.2. The second-order valence-corrected chi connectivity index (χ2v) is 7.16. The van der Waals surface area contributed by atoms with Crippen molar-refractivity contribution in [2.24, 2.45) is 16.8 Å². The molecule has 2 aliphatic heterocycles. The Morgan fingerprint density at radius 2 is 1.92 bits per heavy atom. The normalized spacial score (nSPS) is 23.1. The summed E-state index contributed by atoms with van der Waals surface area (Å²) in [5.41, 5.74) is 0. The van der Waals surface area contributed by atoms with Crippen LogP contribution in [0.15, 0.2) is 4.99 Å². The SMILES string of the molecule is CCCN1CCC(CN=C(NCC)N2CCC(C(=O)OCC)CC2)C1. The minimum atomic E-state index is -0.0361. The zero-order valence-corrected chi connectivity index (χ0v) is 16.3. The molecule has 0 spiro atoms. The van der Waals surface area contributed by atoms with Gasteiger partial charge in [-0.15, -0.1) is 0 Å². The minimum absolute atomic E-state index is 0.0361. The van der Waals surface area contributed by atoms with Gasteiger partial charge in [-0.1, -0.05) is 6.92 Å². The molecule has 6 heteroatoms. The second-order valence-electron chi connectivity index (χ2n) is 7.16. The average molecular weight is 353 g/mol. The van der Waals surface area contributed by atoms with E-state index in [1.807, 2.05) is 6.92 Å². The molecule has 0 saturated carbocycles. The van der Waals surface area contributed by atoms with Gasteiger partial charge in [0.1, 0.15) is 0 Å². The van der Waals surface area contributed by atoms with Gasteiger partial charge in [-0.2, -0.15) is 0 Å². The van der Waals surface area contributed by atoms with E-state index in [0.717, 1.165) is 45.0 Å². The van der Waals surface area contributed by atoms with E-state index in [1.165, 1.54) is 32.5 Å². The van der Waals surface area contributed by atoms with Crippen LogP contribution >= 0.6 is 0 Å². The Kier molecular flexibility index (Phi) is 8.52. The second kappa shape index (κ2) is 10.6. The number of piperidine rings is 1. The Bertz CT molecular complexity index is 433. The average Bonchev–Trinajstić information content (AvgIpc) is 3.07. The largest absolute Gasteiger partial charge is 0.466 e. The van der Waals surface area contributed by atoms with Gasteiger partial charge < -0.3 is 19.9 Å². The number of nitrogens with one attached hydrogen (secondary N) is 1. The van der Waals surface area contributed by atoms with Gasteiger partial charge in [0.2, 0.25) is 0 Å². The summed E-state index contributed by atoms with van der Waals surface area (Å²) in [5.74, 6) is 1.71. The van der Waals surface area contributed by atoms with Crippen LogP contribution in [0.3, 0.4) is 0 Å². The minimum Gasteiger partial charge on any atom is -0.466 e. The molecule has 0 radical (unpaired) electrons. The van der Waals surface area contributed by atoms with E-state index in [4.69, 9.17) is 9.73 Å². The first kappa shape index (κ1) is 20.0. The highest BCUT2D eigenvalue weighted by atomic mass is 16.5. The van der Waals surface area contributed by atoms with Crippen molar-refractivity contribution in [1.82, 2.24) is 15.1 Å². The quantitative estimate of drug-likeness (QED) is 0.431. The maximum Gasteiger partial charge on any atom is 0.309 e. The van der Waals surface area contributed by atoms with E-state index in [1.54, 1.807) is 0 Å². The van der Waals surface area contributed by atoms with E-state index < -0.39 is 0 Å². The molecule has 1 unspecified atom stereocenters. The third-order valence-corrected chi connectivity index (χ3v) is 5.16. The third-order valence-electron chi connectivity index (χ3n) is 5.16. The van der Waals surface area contributed by atoms with Crippen LogP contribution in [-0.4, -0.2) is 74.1 Å². The molecule has 144 valence electrons. The molecular formula is C19H36N4O2. The van der Waals surface area contributed by atoms with Gasteiger partial charge in [-0.05, 0) is 58.5 Å². The molecule has 2 fully saturated rings. The summed E-state index contributed by atoms with van der Waals surface area (Å²) < 4.78 is 5.16. The fourth-order valence-corrected chi connectivity index (χ4v) is 3.81. The lowest BCUT2D eigenvalue weighted by molar-refractivity contribution is -0.149. The molecule has 1 atom stereocenters. The lowest BCUT2D eigenvalue weighted by Crippen LogP contribution is -2.47. The summed E-state index contributed by atoms with van der Waals surface area (Å²) in [7, 11) is 0. The molecule has 2 heterocycles. The molecule has 0 aliphatic carbocycles. The molecule has 2 aliphatic rings. The summed E-state index contributed by atoms with van der Waals surface area (Å²) in [6, 6.07) is 0. The topological polar surface area (TPSA) is 57.2 Å². The number of aliphatic imine (C=N–C) groups is 1. The number of likely N-dealkylation sites (tertiary alicyclic amines) is 2. The molecule has 1 N–H and O–H groups in total. The molecule has 0 bridgehead atoms. The zero-order chi connectivity index (χ0) is 18.1. The van der Waals surface area contributed by atoms with E-state index >= 15 is 0 Å². The maximum atomic E-state index is 11.9. The Morgan fingerprint density at radius 1 is 1.16 bits per heavy atom. The lowest BCUT2D eigenvalue weighted by atomic mass is 9.97. The Hall–Kier alpha value is -1.30. The van der Waals surface area contributed by atoms with Crippen molar-refractivity contribution >= 4 is 11.9 Å². The highest BCUT2D eigenvalue weighted by Crippen LogP contribution is 2.20. The molecular weight excluding hydrogens is 316 g/mol. The fourth-order valence-electron chi connectivity index (χ4n) is 3.81. The molecule has 0 aromatic heterocycles. The number of carbonyl (C=O) groups excluding carboxylic acids is 1. The predicted octanol–water partition coefficient (Wildman–Crippen LogP) is 1.96. The molecule has 2 rings (SSSR count). The molecule has 0 aromatic carbocycles. The summed E-state index contributed by atoms with van der Waals surface area (Å²) in [5, 5.41) is 3.43. The zero-order valence-electron chi connectivity index (χ0n) is 16.3. The van der Waals surface area contributed by atoms with Crippen LogP contribution < -0.4 is 5.32 Å². The van der Waals surface area contributed by atoms with Gasteiger partial charge >= 0.3 is 5.97 Å². The Labute approximate surface area is 153 Å². The molecule has 2 saturated heterocycles. The Morgan fingerprint density at radius 3 is 2.56 bits per heavy atom. The number of rotatable bonds is 7. The summed E-state index contributed by atoms with van der Waals surface area (Å²) >= 11 is 0. The monoisotopic (exact) mass is 352 g/mol. The smallest absolute Gasteiger partial charge is 0.309 e. The number of nitrogens with zero attached hydrogens (tertiary/aromatic N) is 3. The number of guanidine groups is 1. The van der Waals surface area contributed by atoms with Crippen molar-refractivity contribution in [1.29, 1.82) is 0 Å².